The van der Waals surface area contributed by atoms with Gasteiger partial charge in [-0.25, -0.2) is 0 Å². The smallest absolute Gasteiger partial charge is 0.192 e. The van der Waals surface area contributed by atoms with E-state index in [0.29, 0.717) is 0 Å². The predicted molar refractivity (Wildman–Crippen MR) is 54.6 cm³/mol. The Hall–Kier alpha value is -0.950. The van der Waals surface area contributed by atoms with Crippen LogP contribution in [0.25, 0.3) is 0 Å². The van der Waals surface area contributed by atoms with Gasteiger partial charge < -0.3 is 4.57 Å². The van der Waals surface area contributed by atoms with Crippen LogP contribution in [0.5, 0.6) is 0 Å². The first-order valence-electron chi connectivity index (χ1n) is 4.21. The van der Waals surface area contributed by atoms with Gasteiger partial charge in [-0.15, -0.1) is 16.1 Å². The van der Waals surface area contributed by atoms with Gasteiger partial charge in [-0.2, -0.15) is 0 Å². The van der Waals surface area contributed by atoms with Crippen molar-refractivity contribution in [3.63, 3.8) is 0 Å². The van der Waals surface area contributed by atoms with Crippen molar-refractivity contribution in [2.75, 3.05) is 5.75 Å². The van der Waals surface area contributed by atoms with Gasteiger partial charge in [0, 0.05) is 6.54 Å². The molecule has 1 aromatic rings. The molecule has 70 valence electrons. The van der Waals surface area contributed by atoms with Gasteiger partial charge in [0.15, 0.2) is 5.16 Å². The zero-order chi connectivity index (χ0) is 9.68. The van der Waals surface area contributed by atoms with E-state index in [1.54, 1.807) is 11.8 Å². The van der Waals surface area contributed by atoms with Crippen molar-refractivity contribution in [2.45, 2.75) is 32.5 Å². The maximum Gasteiger partial charge on any atom is 0.192 e. The fourth-order valence-electron chi connectivity index (χ4n) is 1.01. The highest BCUT2D eigenvalue weighted by atomic mass is 32.2. The molecule has 0 saturated heterocycles. The molecular formula is C9H13N3S. The number of hydrogen-bond donors (Lipinski definition) is 0. The summed E-state index contributed by atoms with van der Waals surface area (Å²) in [6, 6.07) is 0. The summed E-state index contributed by atoms with van der Waals surface area (Å²) in [7, 11) is 0. The van der Waals surface area contributed by atoms with E-state index < -0.39 is 0 Å². The van der Waals surface area contributed by atoms with Crippen LogP contribution in [0.15, 0.2) is 5.16 Å². The first kappa shape index (κ1) is 10.1. The second-order valence-electron chi connectivity index (χ2n) is 2.49. The highest BCUT2D eigenvalue weighted by molar-refractivity contribution is 7.99. The monoisotopic (exact) mass is 195 g/mol. The normalized spacial score (nSPS) is 9.46. The molecular weight excluding hydrogens is 182 g/mol. The number of aryl methyl sites for hydroxylation is 1. The summed E-state index contributed by atoms with van der Waals surface area (Å²) in [4.78, 5) is 0. The van der Waals surface area contributed by atoms with Crippen LogP contribution in [-0.2, 0) is 6.54 Å². The molecule has 0 aromatic carbocycles. The lowest BCUT2D eigenvalue weighted by atomic mass is 10.6. The number of rotatable bonds is 3. The Morgan fingerprint density at radius 3 is 2.85 bits per heavy atom. The molecule has 1 aromatic heterocycles. The van der Waals surface area contributed by atoms with Gasteiger partial charge in [0.05, 0.1) is 5.75 Å². The third-order valence-electron chi connectivity index (χ3n) is 1.67. The Labute approximate surface area is 82.9 Å². The van der Waals surface area contributed by atoms with Gasteiger partial charge in [0.2, 0.25) is 0 Å². The van der Waals surface area contributed by atoms with E-state index in [1.165, 1.54) is 0 Å². The summed E-state index contributed by atoms with van der Waals surface area (Å²) in [6.07, 6.45) is 0. The zero-order valence-electron chi connectivity index (χ0n) is 8.16. The standard InChI is InChI=1S/C9H13N3S/c1-4-6-7-13-9-11-10-8(3)12(9)5-2/h5,7H2,1-3H3. The quantitative estimate of drug-likeness (QED) is 0.543. The zero-order valence-corrected chi connectivity index (χ0v) is 8.98. The molecule has 1 heterocycles. The first-order valence-corrected chi connectivity index (χ1v) is 5.20. The molecule has 0 N–H and O–H groups in total. The number of nitrogens with zero attached hydrogens (tertiary/aromatic N) is 3. The second kappa shape index (κ2) is 4.93. The molecule has 0 aliphatic carbocycles. The number of aromatic nitrogens is 3. The average Bonchev–Trinajstić information content (AvgIpc) is 2.47. The fraction of sp³-hybridized carbons (Fsp3) is 0.556. The van der Waals surface area contributed by atoms with E-state index in [4.69, 9.17) is 0 Å². The summed E-state index contributed by atoms with van der Waals surface area (Å²) in [6.45, 7) is 6.81. The molecule has 0 bridgehead atoms. The molecule has 0 aliphatic heterocycles. The third-order valence-corrected chi connectivity index (χ3v) is 2.52. The SMILES string of the molecule is CC#CCSc1nnc(C)n1CC. The summed E-state index contributed by atoms with van der Waals surface area (Å²) >= 11 is 1.63. The van der Waals surface area contributed by atoms with Gasteiger partial charge in [-0.3, -0.25) is 0 Å². The fourth-order valence-corrected chi connectivity index (χ4v) is 1.87. The molecule has 1 rings (SSSR count). The van der Waals surface area contributed by atoms with E-state index in [1.807, 2.05) is 13.8 Å². The van der Waals surface area contributed by atoms with Crippen molar-refractivity contribution in [3.05, 3.63) is 5.82 Å². The average molecular weight is 195 g/mol. The molecule has 0 spiro atoms. The van der Waals surface area contributed by atoms with Gasteiger partial charge in [-0.05, 0) is 20.8 Å². The van der Waals surface area contributed by atoms with E-state index in [2.05, 4.69) is 33.5 Å². The van der Waals surface area contributed by atoms with Crippen LogP contribution in [0.4, 0.5) is 0 Å². The van der Waals surface area contributed by atoms with E-state index in [-0.39, 0.29) is 0 Å². The molecule has 3 nitrogen and oxygen atoms in total. The molecule has 13 heavy (non-hydrogen) atoms. The molecule has 0 saturated carbocycles. The molecule has 4 heteroatoms. The Bertz CT molecular complexity index is 332. The van der Waals surface area contributed by atoms with Crippen LogP contribution in [0.1, 0.15) is 19.7 Å². The number of thioether (sulfide) groups is 1. The van der Waals surface area contributed by atoms with Crippen LogP contribution < -0.4 is 0 Å². The topological polar surface area (TPSA) is 30.7 Å². The summed E-state index contributed by atoms with van der Waals surface area (Å²) in [5.41, 5.74) is 0. The molecule has 0 fully saturated rings. The van der Waals surface area contributed by atoms with Crippen molar-refractivity contribution in [1.82, 2.24) is 14.8 Å². The van der Waals surface area contributed by atoms with Crippen LogP contribution in [0.3, 0.4) is 0 Å². The van der Waals surface area contributed by atoms with Crippen molar-refractivity contribution in [3.8, 4) is 11.8 Å². The Kier molecular flexibility index (Phi) is 3.84. The second-order valence-corrected chi connectivity index (χ2v) is 3.43. The molecule has 0 radical (unpaired) electrons. The molecule has 0 amide bonds. The molecule has 0 atom stereocenters. The van der Waals surface area contributed by atoms with Crippen LogP contribution in [0.2, 0.25) is 0 Å². The maximum atomic E-state index is 4.07. The van der Waals surface area contributed by atoms with Crippen LogP contribution in [0, 0.1) is 18.8 Å². The van der Waals surface area contributed by atoms with Crippen LogP contribution in [-0.4, -0.2) is 20.5 Å². The largest absolute Gasteiger partial charge is 0.307 e. The van der Waals surface area contributed by atoms with Gasteiger partial charge in [0.25, 0.3) is 0 Å². The molecule has 0 unspecified atom stereocenters. The van der Waals surface area contributed by atoms with Gasteiger partial charge in [0.1, 0.15) is 5.82 Å². The number of hydrogen-bond acceptors (Lipinski definition) is 3. The van der Waals surface area contributed by atoms with E-state index >= 15 is 0 Å². The van der Waals surface area contributed by atoms with Crippen molar-refractivity contribution in [2.24, 2.45) is 0 Å². The van der Waals surface area contributed by atoms with Crippen molar-refractivity contribution in [1.29, 1.82) is 0 Å². The Morgan fingerprint density at radius 1 is 1.46 bits per heavy atom. The summed E-state index contributed by atoms with van der Waals surface area (Å²) in [5.74, 6) is 7.60. The lowest BCUT2D eigenvalue weighted by Crippen LogP contribution is -1.98. The minimum Gasteiger partial charge on any atom is -0.307 e. The first-order chi connectivity index (χ1) is 6.29. The van der Waals surface area contributed by atoms with Gasteiger partial charge in [-0.1, -0.05) is 17.7 Å². The Morgan fingerprint density at radius 2 is 2.23 bits per heavy atom. The summed E-state index contributed by atoms with van der Waals surface area (Å²) < 4.78 is 2.09. The highest BCUT2D eigenvalue weighted by Gasteiger charge is 2.05. The van der Waals surface area contributed by atoms with Crippen LogP contribution >= 0.6 is 11.8 Å². The lowest BCUT2D eigenvalue weighted by Gasteiger charge is -2.01. The minimum absolute atomic E-state index is 0.786. The third kappa shape index (κ3) is 2.49. The lowest BCUT2D eigenvalue weighted by molar-refractivity contribution is 0.662. The van der Waals surface area contributed by atoms with Crippen molar-refractivity contribution >= 4 is 11.8 Å². The highest BCUT2D eigenvalue weighted by Crippen LogP contribution is 2.15. The van der Waals surface area contributed by atoms with E-state index in [0.717, 1.165) is 23.3 Å². The minimum atomic E-state index is 0.786. The van der Waals surface area contributed by atoms with Gasteiger partial charge >= 0.3 is 0 Å². The van der Waals surface area contributed by atoms with Crippen molar-refractivity contribution < 1.29 is 0 Å². The summed E-state index contributed by atoms with van der Waals surface area (Å²) in [5, 5.41) is 9.04. The van der Waals surface area contributed by atoms with E-state index in [9.17, 15) is 0 Å². The Balaban J connectivity index is 2.68. The predicted octanol–water partition coefficient (Wildman–Crippen LogP) is 1.72. The molecule has 0 aliphatic rings. The maximum absolute atomic E-state index is 4.07.